The molecule has 1 aromatic heterocycles. The lowest BCUT2D eigenvalue weighted by Crippen LogP contribution is -2.22. The lowest BCUT2D eigenvalue weighted by molar-refractivity contribution is 0.495. The highest BCUT2D eigenvalue weighted by molar-refractivity contribution is 9.10. The quantitative estimate of drug-likeness (QED) is 0.895. The van der Waals surface area contributed by atoms with Gasteiger partial charge in [-0.15, -0.1) is 0 Å². The van der Waals surface area contributed by atoms with Gasteiger partial charge in [-0.1, -0.05) is 13.0 Å². The Hall–Kier alpha value is -1.13. The predicted molar refractivity (Wildman–Crippen MR) is 77.8 cm³/mol. The summed E-state index contributed by atoms with van der Waals surface area (Å²) in [6.07, 6.45) is 0. The van der Waals surface area contributed by atoms with Gasteiger partial charge in [0.05, 0.1) is 10.5 Å². The Kier molecular flexibility index (Phi) is 4.42. The largest absolute Gasteiger partial charge is 0.466 e. The Morgan fingerprint density at radius 2 is 2.05 bits per heavy atom. The summed E-state index contributed by atoms with van der Waals surface area (Å²) in [6.45, 7) is 6.75. The molecule has 4 heteroatoms. The smallest absolute Gasteiger partial charge is 0.137 e. The van der Waals surface area contributed by atoms with Crippen molar-refractivity contribution in [1.82, 2.24) is 5.32 Å². The molecule has 1 heterocycles. The van der Waals surface area contributed by atoms with Gasteiger partial charge in [0.25, 0.3) is 0 Å². The fourth-order valence-electron chi connectivity index (χ4n) is 2.24. The SMILES string of the molecule is CCNC(c1ccc(F)c(Br)c1)c1cc(C)oc1C. The maximum absolute atomic E-state index is 13.3. The third kappa shape index (κ3) is 3.07. The number of benzene rings is 1. The highest BCUT2D eigenvalue weighted by atomic mass is 79.9. The summed E-state index contributed by atoms with van der Waals surface area (Å²) < 4.78 is 19.4. The van der Waals surface area contributed by atoms with E-state index in [0.717, 1.165) is 29.2 Å². The van der Waals surface area contributed by atoms with Crippen LogP contribution >= 0.6 is 15.9 Å². The number of nitrogens with one attached hydrogen (secondary N) is 1. The van der Waals surface area contributed by atoms with E-state index >= 15 is 0 Å². The standard InChI is InChI=1S/C15H17BrFNO/c1-4-18-15(12-7-9(2)19-10(12)3)11-5-6-14(17)13(16)8-11/h5-8,15,18H,4H2,1-3H3. The van der Waals surface area contributed by atoms with Crippen molar-refractivity contribution < 1.29 is 8.81 Å². The summed E-state index contributed by atoms with van der Waals surface area (Å²) in [6, 6.07) is 7.13. The predicted octanol–water partition coefficient (Wildman–Crippen LogP) is 4.50. The number of aryl methyl sites for hydroxylation is 2. The molecule has 0 saturated carbocycles. The topological polar surface area (TPSA) is 25.2 Å². The van der Waals surface area contributed by atoms with Gasteiger partial charge in [0.1, 0.15) is 17.3 Å². The summed E-state index contributed by atoms with van der Waals surface area (Å²) in [5, 5.41) is 3.41. The molecule has 0 amide bonds. The Morgan fingerprint density at radius 3 is 2.58 bits per heavy atom. The van der Waals surface area contributed by atoms with Gasteiger partial charge < -0.3 is 9.73 Å². The third-order valence-corrected chi connectivity index (χ3v) is 3.68. The van der Waals surface area contributed by atoms with Crippen molar-refractivity contribution in [3.63, 3.8) is 0 Å². The number of rotatable bonds is 4. The van der Waals surface area contributed by atoms with Crippen LogP contribution in [0.4, 0.5) is 4.39 Å². The second kappa shape index (κ2) is 5.88. The molecular weight excluding hydrogens is 309 g/mol. The molecule has 2 aromatic rings. The van der Waals surface area contributed by atoms with E-state index in [1.807, 2.05) is 32.9 Å². The molecule has 0 saturated heterocycles. The molecular formula is C15H17BrFNO. The zero-order chi connectivity index (χ0) is 14.0. The monoisotopic (exact) mass is 325 g/mol. The number of hydrogen-bond acceptors (Lipinski definition) is 2. The van der Waals surface area contributed by atoms with Crippen LogP contribution in [0, 0.1) is 19.7 Å². The molecule has 0 aliphatic heterocycles. The maximum Gasteiger partial charge on any atom is 0.137 e. The van der Waals surface area contributed by atoms with Crippen LogP contribution in [0.25, 0.3) is 0 Å². The first kappa shape index (κ1) is 14.3. The molecule has 0 radical (unpaired) electrons. The molecule has 1 unspecified atom stereocenters. The zero-order valence-corrected chi connectivity index (χ0v) is 12.8. The zero-order valence-electron chi connectivity index (χ0n) is 11.3. The summed E-state index contributed by atoms with van der Waals surface area (Å²) in [4.78, 5) is 0. The van der Waals surface area contributed by atoms with Crippen LogP contribution in [0.1, 0.15) is 35.6 Å². The Morgan fingerprint density at radius 1 is 1.32 bits per heavy atom. The van der Waals surface area contributed by atoms with Gasteiger partial charge in [-0.05, 0) is 60.1 Å². The van der Waals surface area contributed by atoms with Crippen LogP contribution in [0.5, 0.6) is 0 Å². The molecule has 102 valence electrons. The highest BCUT2D eigenvalue weighted by Gasteiger charge is 2.19. The van der Waals surface area contributed by atoms with Gasteiger partial charge in [-0.2, -0.15) is 0 Å². The molecule has 2 rings (SSSR count). The molecule has 0 spiro atoms. The average Bonchev–Trinajstić information content (AvgIpc) is 2.69. The van der Waals surface area contributed by atoms with Crippen molar-refractivity contribution in [2.24, 2.45) is 0 Å². The van der Waals surface area contributed by atoms with Gasteiger partial charge in [0.2, 0.25) is 0 Å². The van der Waals surface area contributed by atoms with E-state index in [2.05, 4.69) is 21.2 Å². The first-order valence-electron chi connectivity index (χ1n) is 6.28. The van der Waals surface area contributed by atoms with E-state index in [-0.39, 0.29) is 11.9 Å². The Bertz CT molecular complexity index is 580. The molecule has 0 bridgehead atoms. The van der Waals surface area contributed by atoms with Crippen molar-refractivity contribution >= 4 is 15.9 Å². The summed E-state index contributed by atoms with van der Waals surface area (Å²) >= 11 is 3.24. The van der Waals surface area contributed by atoms with Crippen LogP contribution in [-0.2, 0) is 0 Å². The summed E-state index contributed by atoms with van der Waals surface area (Å²) in [5.74, 6) is 1.53. The third-order valence-electron chi connectivity index (χ3n) is 3.08. The molecule has 19 heavy (non-hydrogen) atoms. The fourth-order valence-corrected chi connectivity index (χ4v) is 2.64. The van der Waals surface area contributed by atoms with Crippen LogP contribution in [0.3, 0.4) is 0 Å². The number of halogens is 2. The van der Waals surface area contributed by atoms with Crippen molar-refractivity contribution in [2.75, 3.05) is 6.54 Å². The van der Waals surface area contributed by atoms with E-state index < -0.39 is 0 Å². The minimum Gasteiger partial charge on any atom is -0.466 e. The van der Waals surface area contributed by atoms with Crippen molar-refractivity contribution in [1.29, 1.82) is 0 Å². The minimum absolute atomic E-state index is 0.0133. The normalized spacial score (nSPS) is 12.7. The molecule has 0 fully saturated rings. The number of hydrogen-bond donors (Lipinski definition) is 1. The first-order valence-corrected chi connectivity index (χ1v) is 7.07. The van der Waals surface area contributed by atoms with Gasteiger partial charge in [-0.3, -0.25) is 0 Å². The van der Waals surface area contributed by atoms with Crippen molar-refractivity contribution in [3.8, 4) is 0 Å². The van der Waals surface area contributed by atoms with Gasteiger partial charge in [-0.25, -0.2) is 4.39 Å². The molecule has 0 aliphatic rings. The van der Waals surface area contributed by atoms with E-state index in [0.29, 0.717) is 4.47 Å². The Balaban J connectivity index is 2.44. The second-order valence-electron chi connectivity index (χ2n) is 4.53. The van der Waals surface area contributed by atoms with Gasteiger partial charge in [0.15, 0.2) is 0 Å². The van der Waals surface area contributed by atoms with Gasteiger partial charge in [0, 0.05) is 5.56 Å². The minimum atomic E-state index is -0.251. The Labute approximate surface area is 121 Å². The second-order valence-corrected chi connectivity index (χ2v) is 5.39. The van der Waals surface area contributed by atoms with Crippen molar-refractivity contribution in [2.45, 2.75) is 26.8 Å². The lowest BCUT2D eigenvalue weighted by atomic mass is 9.99. The van der Waals surface area contributed by atoms with Crippen molar-refractivity contribution in [3.05, 3.63) is 57.2 Å². The van der Waals surface area contributed by atoms with Crippen LogP contribution in [0.15, 0.2) is 33.2 Å². The molecule has 1 aromatic carbocycles. The molecule has 0 aliphatic carbocycles. The molecule has 1 N–H and O–H groups in total. The maximum atomic E-state index is 13.3. The van der Waals surface area contributed by atoms with E-state index in [4.69, 9.17) is 4.42 Å². The average molecular weight is 326 g/mol. The summed E-state index contributed by atoms with van der Waals surface area (Å²) in [7, 11) is 0. The van der Waals surface area contributed by atoms with E-state index in [9.17, 15) is 4.39 Å². The van der Waals surface area contributed by atoms with Crippen LogP contribution in [-0.4, -0.2) is 6.54 Å². The van der Waals surface area contributed by atoms with E-state index in [1.165, 1.54) is 6.07 Å². The summed E-state index contributed by atoms with van der Waals surface area (Å²) in [5.41, 5.74) is 2.11. The highest BCUT2D eigenvalue weighted by Crippen LogP contribution is 2.29. The van der Waals surface area contributed by atoms with Crippen LogP contribution < -0.4 is 5.32 Å². The lowest BCUT2D eigenvalue weighted by Gasteiger charge is -2.18. The first-order chi connectivity index (χ1) is 9.02. The van der Waals surface area contributed by atoms with Gasteiger partial charge >= 0.3 is 0 Å². The molecule has 1 atom stereocenters. The fraction of sp³-hybridized carbons (Fsp3) is 0.333. The molecule has 2 nitrogen and oxygen atoms in total. The van der Waals surface area contributed by atoms with Crippen LogP contribution in [0.2, 0.25) is 0 Å². The number of furan rings is 1. The van der Waals surface area contributed by atoms with E-state index in [1.54, 1.807) is 6.07 Å².